The van der Waals surface area contributed by atoms with Crippen LogP contribution in [0.1, 0.15) is 56.1 Å². The maximum Gasteiger partial charge on any atom is 0.411 e. The van der Waals surface area contributed by atoms with Crippen LogP contribution in [-0.4, -0.2) is 25.4 Å². The van der Waals surface area contributed by atoms with Crippen molar-refractivity contribution in [3.05, 3.63) is 59.7 Å². The lowest BCUT2D eigenvalue weighted by Gasteiger charge is -2.09. The zero-order valence-electron chi connectivity index (χ0n) is 18.6. The summed E-state index contributed by atoms with van der Waals surface area (Å²) in [5, 5.41) is 5.53. The Kier molecular flexibility index (Phi) is 11.0. The van der Waals surface area contributed by atoms with Crippen LogP contribution in [0, 0.1) is 13.8 Å². The molecular weight excluding hydrogens is 392 g/mol. The highest BCUT2D eigenvalue weighted by Gasteiger charge is 2.05. The van der Waals surface area contributed by atoms with E-state index in [0.717, 1.165) is 67.4 Å². The molecular formula is C25H34N2O4. The van der Waals surface area contributed by atoms with E-state index in [0.29, 0.717) is 13.2 Å². The minimum atomic E-state index is -0.402. The van der Waals surface area contributed by atoms with Crippen molar-refractivity contribution < 1.29 is 19.1 Å². The Bertz CT molecular complexity index is 755. The lowest BCUT2D eigenvalue weighted by molar-refractivity contribution is 0.159. The van der Waals surface area contributed by atoms with Crippen LogP contribution in [0.2, 0.25) is 0 Å². The van der Waals surface area contributed by atoms with Crippen molar-refractivity contribution in [3.63, 3.8) is 0 Å². The van der Waals surface area contributed by atoms with Gasteiger partial charge in [-0.3, -0.25) is 10.6 Å². The Balaban J connectivity index is 1.39. The van der Waals surface area contributed by atoms with Gasteiger partial charge in [0.05, 0.1) is 13.2 Å². The van der Waals surface area contributed by atoms with Crippen LogP contribution in [0.5, 0.6) is 0 Å². The zero-order valence-corrected chi connectivity index (χ0v) is 18.6. The fraction of sp³-hybridized carbons (Fsp3) is 0.440. The van der Waals surface area contributed by atoms with E-state index < -0.39 is 12.2 Å². The van der Waals surface area contributed by atoms with Crippen molar-refractivity contribution in [1.29, 1.82) is 0 Å². The molecule has 0 bridgehead atoms. The van der Waals surface area contributed by atoms with Gasteiger partial charge in [-0.25, -0.2) is 9.59 Å². The Hall–Kier alpha value is -3.02. The molecule has 2 amide bonds. The van der Waals surface area contributed by atoms with E-state index in [2.05, 4.69) is 10.6 Å². The highest BCUT2D eigenvalue weighted by Crippen LogP contribution is 2.14. The third kappa shape index (κ3) is 10.0. The van der Waals surface area contributed by atoms with E-state index in [1.165, 1.54) is 0 Å². The number of carbonyl (C=O) groups is 2. The molecule has 168 valence electrons. The summed E-state index contributed by atoms with van der Waals surface area (Å²) < 4.78 is 10.5. The lowest BCUT2D eigenvalue weighted by atomic mass is 10.1. The van der Waals surface area contributed by atoms with Gasteiger partial charge in [0.15, 0.2) is 0 Å². The van der Waals surface area contributed by atoms with Crippen LogP contribution < -0.4 is 10.6 Å². The van der Waals surface area contributed by atoms with E-state index in [9.17, 15) is 9.59 Å². The van der Waals surface area contributed by atoms with Crippen LogP contribution in [0.3, 0.4) is 0 Å². The van der Waals surface area contributed by atoms with Crippen LogP contribution in [0.25, 0.3) is 0 Å². The first-order valence-electron chi connectivity index (χ1n) is 11.0. The molecule has 2 aromatic carbocycles. The van der Waals surface area contributed by atoms with Gasteiger partial charge in [-0.1, -0.05) is 68.5 Å². The first-order valence-corrected chi connectivity index (χ1v) is 11.0. The molecule has 31 heavy (non-hydrogen) atoms. The smallest absolute Gasteiger partial charge is 0.411 e. The number of hydrogen-bond donors (Lipinski definition) is 2. The van der Waals surface area contributed by atoms with Crippen molar-refractivity contribution in [1.82, 2.24) is 0 Å². The fourth-order valence-corrected chi connectivity index (χ4v) is 3.14. The van der Waals surface area contributed by atoms with Crippen LogP contribution >= 0.6 is 0 Å². The second kappa shape index (κ2) is 14.1. The molecule has 0 aliphatic carbocycles. The van der Waals surface area contributed by atoms with E-state index in [4.69, 9.17) is 9.47 Å². The Morgan fingerprint density at radius 2 is 0.968 bits per heavy atom. The molecule has 0 atom stereocenters. The zero-order chi connectivity index (χ0) is 22.3. The number of nitrogens with one attached hydrogen (secondary N) is 2. The van der Waals surface area contributed by atoms with Gasteiger partial charge in [-0.15, -0.1) is 0 Å². The van der Waals surface area contributed by atoms with Crippen molar-refractivity contribution in [2.75, 3.05) is 23.8 Å². The number of para-hydroxylation sites is 2. The van der Waals surface area contributed by atoms with Gasteiger partial charge in [0.25, 0.3) is 0 Å². The molecule has 6 nitrogen and oxygen atoms in total. The molecule has 0 aliphatic rings. The standard InChI is InChI=1S/C25H34N2O4/c1-20-14-8-10-16-22(20)26-24(28)30-18-12-6-4-3-5-7-13-19-31-25(29)27-23-17-11-9-15-21(23)2/h8-11,14-17H,3-7,12-13,18-19H2,1-2H3,(H,26,28)(H,27,29). The SMILES string of the molecule is Cc1ccccc1NC(=O)OCCCCCCCCCOC(=O)Nc1ccccc1C. The average Bonchev–Trinajstić information content (AvgIpc) is 2.75. The first kappa shape index (κ1) is 24.3. The number of amides is 2. The summed E-state index contributed by atoms with van der Waals surface area (Å²) in [5.74, 6) is 0. The topological polar surface area (TPSA) is 76.7 Å². The minimum Gasteiger partial charge on any atom is -0.449 e. The van der Waals surface area contributed by atoms with Gasteiger partial charge in [-0.2, -0.15) is 0 Å². The largest absolute Gasteiger partial charge is 0.449 e. The Labute approximate surface area is 185 Å². The lowest BCUT2D eigenvalue weighted by Crippen LogP contribution is -2.15. The van der Waals surface area contributed by atoms with E-state index >= 15 is 0 Å². The molecule has 2 rings (SSSR count). The normalized spacial score (nSPS) is 10.4. The van der Waals surface area contributed by atoms with Crippen LogP contribution in [0.4, 0.5) is 21.0 Å². The quantitative estimate of drug-likeness (QED) is 0.365. The molecule has 0 radical (unpaired) electrons. The minimum absolute atomic E-state index is 0.402. The number of hydrogen-bond acceptors (Lipinski definition) is 4. The van der Waals surface area contributed by atoms with Crippen molar-refractivity contribution >= 4 is 23.6 Å². The van der Waals surface area contributed by atoms with Gasteiger partial charge in [0.2, 0.25) is 0 Å². The highest BCUT2D eigenvalue weighted by molar-refractivity contribution is 5.86. The third-order valence-corrected chi connectivity index (χ3v) is 5.02. The van der Waals surface area contributed by atoms with Crippen molar-refractivity contribution in [2.45, 2.75) is 58.8 Å². The third-order valence-electron chi connectivity index (χ3n) is 5.02. The number of benzene rings is 2. The Morgan fingerprint density at radius 3 is 1.35 bits per heavy atom. The van der Waals surface area contributed by atoms with Gasteiger partial charge in [0.1, 0.15) is 0 Å². The van der Waals surface area contributed by atoms with Crippen molar-refractivity contribution in [3.8, 4) is 0 Å². The van der Waals surface area contributed by atoms with E-state index in [-0.39, 0.29) is 0 Å². The molecule has 0 saturated carbocycles. The molecule has 0 fully saturated rings. The predicted molar refractivity (Wildman–Crippen MR) is 125 cm³/mol. The summed E-state index contributed by atoms with van der Waals surface area (Å²) in [6, 6.07) is 15.2. The Morgan fingerprint density at radius 1 is 0.613 bits per heavy atom. The fourth-order valence-electron chi connectivity index (χ4n) is 3.14. The summed E-state index contributed by atoms with van der Waals surface area (Å²) in [4.78, 5) is 23.6. The first-order chi connectivity index (χ1) is 15.1. The highest BCUT2D eigenvalue weighted by atomic mass is 16.6. The second-order valence-corrected chi connectivity index (χ2v) is 7.63. The number of anilines is 2. The van der Waals surface area contributed by atoms with Gasteiger partial charge in [-0.05, 0) is 49.9 Å². The monoisotopic (exact) mass is 426 g/mol. The van der Waals surface area contributed by atoms with Gasteiger partial charge < -0.3 is 9.47 Å². The van der Waals surface area contributed by atoms with Gasteiger partial charge in [0, 0.05) is 11.4 Å². The molecule has 0 aliphatic heterocycles. The van der Waals surface area contributed by atoms with Crippen LogP contribution in [0.15, 0.2) is 48.5 Å². The number of ether oxygens (including phenoxy) is 2. The van der Waals surface area contributed by atoms with Gasteiger partial charge >= 0.3 is 12.2 Å². The van der Waals surface area contributed by atoms with E-state index in [1.807, 2.05) is 62.4 Å². The molecule has 0 aromatic heterocycles. The molecule has 0 unspecified atom stereocenters. The number of unbranched alkanes of at least 4 members (excludes halogenated alkanes) is 6. The molecule has 2 N–H and O–H groups in total. The van der Waals surface area contributed by atoms with Crippen molar-refractivity contribution in [2.24, 2.45) is 0 Å². The molecule has 2 aromatic rings. The van der Waals surface area contributed by atoms with Crippen LogP contribution in [-0.2, 0) is 9.47 Å². The maximum absolute atomic E-state index is 11.8. The second-order valence-electron chi connectivity index (χ2n) is 7.63. The summed E-state index contributed by atoms with van der Waals surface area (Å²) in [7, 11) is 0. The molecule has 0 spiro atoms. The number of rotatable bonds is 12. The average molecular weight is 427 g/mol. The predicted octanol–water partition coefficient (Wildman–Crippen LogP) is 6.83. The summed E-state index contributed by atoms with van der Waals surface area (Å²) in [6.45, 7) is 4.76. The summed E-state index contributed by atoms with van der Waals surface area (Å²) in [5.41, 5.74) is 3.59. The molecule has 0 heterocycles. The maximum atomic E-state index is 11.8. The summed E-state index contributed by atoms with van der Waals surface area (Å²) >= 11 is 0. The summed E-state index contributed by atoms with van der Waals surface area (Å²) in [6.07, 6.45) is 6.34. The molecule has 6 heteroatoms. The van der Waals surface area contributed by atoms with E-state index in [1.54, 1.807) is 0 Å². The number of aryl methyl sites for hydroxylation is 2. The number of carbonyl (C=O) groups excluding carboxylic acids is 2. The molecule has 0 saturated heterocycles.